The Labute approximate surface area is 120 Å². The number of carboxylic acids is 1. The lowest BCUT2D eigenvalue weighted by Gasteiger charge is -2.15. The molecule has 8 heteroatoms. The zero-order valence-electron chi connectivity index (χ0n) is 10.9. The molecule has 1 fully saturated rings. The summed E-state index contributed by atoms with van der Waals surface area (Å²) < 4.78 is 40.2. The number of carbonyl (C=O) groups is 1. The molecule has 0 saturated carbocycles. The maximum absolute atomic E-state index is 13.9. The number of H-pyrrole nitrogens is 1. The van der Waals surface area contributed by atoms with Crippen LogP contribution in [0.25, 0.3) is 10.9 Å². The lowest BCUT2D eigenvalue weighted by Crippen LogP contribution is -2.30. The van der Waals surface area contributed by atoms with E-state index in [9.17, 15) is 17.6 Å². The smallest absolute Gasteiger partial charge is 0.307 e. The van der Waals surface area contributed by atoms with Gasteiger partial charge in [-0.3, -0.25) is 4.79 Å². The van der Waals surface area contributed by atoms with Gasteiger partial charge in [-0.15, -0.1) is 0 Å². The van der Waals surface area contributed by atoms with Gasteiger partial charge in [-0.1, -0.05) is 6.07 Å². The van der Waals surface area contributed by atoms with E-state index in [0.29, 0.717) is 5.52 Å². The molecule has 1 unspecified atom stereocenters. The summed E-state index contributed by atoms with van der Waals surface area (Å²) in [5, 5.41) is 8.97. The molecule has 6 nitrogen and oxygen atoms in total. The average Bonchev–Trinajstić information content (AvgIpc) is 3.06. The van der Waals surface area contributed by atoms with Gasteiger partial charge < -0.3 is 10.1 Å². The van der Waals surface area contributed by atoms with Crippen LogP contribution in [0.2, 0.25) is 0 Å². The predicted octanol–water partition coefficient (Wildman–Crippen LogP) is 1.40. The first-order valence-corrected chi connectivity index (χ1v) is 7.84. The molecular weight excluding hydrogens is 299 g/mol. The van der Waals surface area contributed by atoms with Crippen molar-refractivity contribution in [3.63, 3.8) is 0 Å². The van der Waals surface area contributed by atoms with E-state index >= 15 is 0 Å². The Morgan fingerprint density at radius 3 is 2.86 bits per heavy atom. The molecule has 1 aromatic heterocycles. The zero-order chi connectivity index (χ0) is 15.2. The Hall–Kier alpha value is -1.93. The van der Waals surface area contributed by atoms with E-state index in [1.807, 2.05) is 0 Å². The lowest BCUT2D eigenvalue weighted by atomic mass is 10.1. The van der Waals surface area contributed by atoms with Crippen LogP contribution in [0.5, 0.6) is 0 Å². The minimum Gasteiger partial charge on any atom is -0.481 e. The summed E-state index contributed by atoms with van der Waals surface area (Å²) in [6.45, 7) is 0.0409. The van der Waals surface area contributed by atoms with Crippen molar-refractivity contribution in [2.24, 2.45) is 5.92 Å². The summed E-state index contributed by atoms with van der Waals surface area (Å²) in [4.78, 5) is 13.5. The highest BCUT2D eigenvalue weighted by atomic mass is 32.2. The van der Waals surface area contributed by atoms with Gasteiger partial charge in [-0.2, -0.15) is 4.31 Å². The fourth-order valence-corrected chi connectivity index (χ4v) is 4.27. The molecule has 1 aliphatic rings. The van der Waals surface area contributed by atoms with Gasteiger partial charge in [0.1, 0.15) is 10.7 Å². The Morgan fingerprint density at radius 2 is 2.19 bits per heavy atom. The van der Waals surface area contributed by atoms with Crippen LogP contribution >= 0.6 is 0 Å². The number of hydrogen-bond donors (Lipinski definition) is 2. The van der Waals surface area contributed by atoms with Gasteiger partial charge in [0, 0.05) is 24.8 Å². The summed E-state index contributed by atoms with van der Waals surface area (Å²) in [5.41, 5.74) is 0.391. The molecule has 0 spiro atoms. The van der Waals surface area contributed by atoms with Gasteiger partial charge in [0.2, 0.25) is 10.0 Å². The second kappa shape index (κ2) is 4.81. The number of aromatic nitrogens is 1. The van der Waals surface area contributed by atoms with Crippen LogP contribution in [0.15, 0.2) is 29.3 Å². The Bertz CT molecular complexity index is 815. The zero-order valence-corrected chi connectivity index (χ0v) is 11.7. The van der Waals surface area contributed by atoms with E-state index in [2.05, 4.69) is 4.98 Å². The first-order valence-electron chi connectivity index (χ1n) is 6.40. The first-order chi connectivity index (χ1) is 9.91. The minimum absolute atomic E-state index is 0.0104. The molecule has 0 bridgehead atoms. The number of nitrogens with one attached hydrogen (secondary N) is 1. The van der Waals surface area contributed by atoms with Crippen LogP contribution in [0.3, 0.4) is 0 Å². The van der Waals surface area contributed by atoms with Crippen LogP contribution in [0, 0.1) is 11.7 Å². The topological polar surface area (TPSA) is 90.5 Å². The van der Waals surface area contributed by atoms with Crippen LogP contribution in [0.1, 0.15) is 6.42 Å². The number of aromatic amines is 1. The van der Waals surface area contributed by atoms with Crippen molar-refractivity contribution in [3.05, 3.63) is 30.2 Å². The summed E-state index contributed by atoms with van der Waals surface area (Å²) in [5.74, 6) is -2.35. The molecule has 0 radical (unpaired) electrons. The van der Waals surface area contributed by atoms with E-state index < -0.39 is 27.7 Å². The van der Waals surface area contributed by atoms with Gasteiger partial charge in [0.05, 0.1) is 11.3 Å². The molecule has 1 aromatic carbocycles. The average molecular weight is 312 g/mol. The van der Waals surface area contributed by atoms with Crippen molar-refractivity contribution in [2.75, 3.05) is 13.1 Å². The maximum atomic E-state index is 13.9. The quantitative estimate of drug-likeness (QED) is 0.896. The first kappa shape index (κ1) is 14.0. The molecule has 2 aromatic rings. The highest BCUT2D eigenvalue weighted by Gasteiger charge is 2.37. The number of rotatable bonds is 3. The Morgan fingerprint density at radius 1 is 1.43 bits per heavy atom. The van der Waals surface area contributed by atoms with Gasteiger partial charge in [-0.05, 0) is 18.6 Å². The highest BCUT2D eigenvalue weighted by molar-refractivity contribution is 7.89. The molecule has 0 aliphatic carbocycles. The summed E-state index contributed by atoms with van der Waals surface area (Å²) in [6, 6.07) is 4.27. The molecular formula is C13H13FN2O4S. The third-order valence-electron chi connectivity index (χ3n) is 3.74. The highest BCUT2D eigenvalue weighted by Crippen LogP contribution is 2.30. The minimum atomic E-state index is -3.91. The molecule has 112 valence electrons. The van der Waals surface area contributed by atoms with Crippen LogP contribution < -0.4 is 0 Å². The fraction of sp³-hybridized carbons (Fsp3) is 0.308. The van der Waals surface area contributed by atoms with Gasteiger partial charge in [0.25, 0.3) is 0 Å². The van der Waals surface area contributed by atoms with Crippen molar-refractivity contribution in [3.8, 4) is 0 Å². The SMILES string of the molecule is O=C(O)C1CCN(S(=O)(=O)c2c[nH]c3cccc(F)c23)C1. The number of fused-ring (bicyclic) bond motifs is 1. The van der Waals surface area contributed by atoms with Gasteiger partial charge in [-0.25, -0.2) is 12.8 Å². The van der Waals surface area contributed by atoms with E-state index in [0.717, 1.165) is 4.31 Å². The molecule has 21 heavy (non-hydrogen) atoms. The van der Waals surface area contributed by atoms with Crippen molar-refractivity contribution in [2.45, 2.75) is 11.3 Å². The maximum Gasteiger partial charge on any atom is 0.307 e. The molecule has 2 N–H and O–H groups in total. The van der Waals surface area contributed by atoms with Crippen LogP contribution in [0.4, 0.5) is 4.39 Å². The predicted molar refractivity (Wildman–Crippen MR) is 72.8 cm³/mol. The lowest BCUT2D eigenvalue weighted by molar-refractivity contribution is -0.141. The fourth-order valence-electron chi connectivity index (χ4n) is 2.60. The normalized spacial score (nSPS) is 20.1. The van der Waals surface area contributed by atoms with Gasteiger partial charge >= 0.3 is 5.97 Å². The Balaban J connectivity index is 2.04. The molecule has 1 aliphatic heterocycles. The molecule has 2 heterocycles. The van der Waals surface area contributed by atoms with E-state index in [4.69, 9.17) is 5.11 Å². The number of benzene rings is 1. The van der Waals surface area contributed by atoms with Crippen molar-refractivity contribution >= 4 is 26.9 Å². The Kier molecular flexibility index (Phi) is 3.22. The van der Waals surface area contributed by atoms with Crippen LogP contribution in [-0.4, -0.2) is 41.9 Å². The third kappa shape index (κ3) is 2.20. The molecule has 0 amide bonds. The third-order valence-corrected chi connectivity index (χ3v) is 5.63. The standard InChI is InChI=1S/C13H13FN2O4S/c14-9-2-1-3-10-12(9)11(6-15-10)21(19,20)16-5-4-8(7-16)13(17)18/h1-3,6,8,15H,4-5,7H2,(H,17,18). The van der Waals surface area contributed by atoms with Crippen molar-refractivity contribution < 1.29 is 22.7 Å². The molecule has 1 atom stereocenters. The molecule has 1 saturated heterocycles. The van der Waals surface area contributed by atoms with Crippen molar-refractivity contribution in [1.82, 2.24) is 9.29 Å². The van der Waals surface area contributed by atoms with Gasteiger partial charge in [0.15, 0.2) is 0 Å². The summed E-state index contributed by atoms with van der Waals surface area (Å²) in [6.07, 6.45) is 1.51. The second-order valence-electron chi connectivity index (χ2n) is 5.00. The van der Waals surface area contributed by atoms with E-state index in [1.54, 1.807) is 6.07 Å². The number of sulfonamides is 1. The number of hydrogen-bond acceptors (Lipinski definition) is 3. The second-order valence-corrected chi connectivity index (χ2v) is 6.91. The largest absolute Gasteiger partial charge is 0.481 e. The number of aliphatic carboxylic acids is 1. The number of nitrogens with zero attached hydrogens (tertiary/aromatic N) is 1. The van der Waals surface area contributed by atoms with E-state index in [-0.39, 0.29) is 29.8 Å². The molecule has 3 rings (SSSR count). The number of carboxylic acid groups (broad SMARTS) is 1. The van der Waals surface area contributed by atoms with Crippen molar-refractivity contribution in [1.29, 1.82) is 0 Å². The summed E-state index contributed by atoms with van der Waals surface area (Å²) in [7, 11) is -3.91. The monoisotopic (exact) mass is 312 g/mol. The summed E-state index contributed by atoms with van der Waals surface area (Å²) >= 11 is 0. The van der Waals surface area contributed by atoms with Crippen LogP contribution in [-0.2, 0) is 14.8 Å². The number of halogens is 1. The van der Waals surface area contributed by atoms with E-state index in [1.165, 1.54) is 18.3 Å².